The number of amides is 4. The summed E-state index contributed by atoms with van der Waals surface area (Å²) in [7, 11) is 0. The van der Waals surface area contributed by atoms with Crippen LogP contribution in [0.4, 0.5) is 10.5 Å². The molecule has 2 aromatic carbocycles. The molecule has 0 aromatic heterocycles. The largest absolute Gasteiger partial charge is 0.328 e. The average Bonchev–Trinajstić information content (AvgIpc) is 2.63. The summed E-state index contributed by atoms with van der Waals surface area (Å²) in [6.07, 6.45) is 0. The standard InChI is InChI=1S/C18H9N3O5/c22-15-12-7-8(21-26)5-6-10(12)9-3-1-2-4-11(9)13(15)14-16(23)19-18(25)20-17(14)24/h1-7H,(H2,19,20,23,24,25). The number of Topliss-reactive ketones (excluding diaryl/α,β-unsaturated/α-hetero) is 1. The molecular weight excluding hydrogens is 338 g/mol. The number of barbiturate groups is 1. The maximum Gasteiger partial charge on any atom is 0.328 e. The van der Waals surface area contributed by atoms with Crippen molar-refractivity contribution in [3.05, 3.63) is 64.1 Å². The summed E-state index contributed by atoms with van der Waals surface area (Å²) >= 11 is 0. The number of nitroso groups, excluding NO2 is 1. The van der Waals surface area contributed by atoms with E-state index in [1.54, 1.807) is 30.3 Å². The third-order valence-electron chi connectivity index (χ3n) is 4.23. The molecule has 1 saturated heterocycles. The molecule has 2 aromatic rings. The summed E-state index contributed by atoms with van der Waals surface area (Å²) in [5.74, 6) is -2.51. The van der Waals surface area contributed by atoms with Gasteiger partial charge in [0.2, 0.25) is 0 Å². The van der Waals surface area contributed by atoms with Crippen LogP contribution in [0.2, 0.25) is 0 Å². The van der Waals surface area contributed by atoms with Gasteiger partial charge >= 0.3 is 6.03 Å². The molecule has 2 aliphatic rings. The first-order chi connectivity index (χ1) is 12.5. The zero-order valence-corrected chi connectivity index (χ0v) is 13.0. The van der Waals surface area contributed by atoms with Crippen molar-refractivity contribution in [3.8, 4) is 11.1 Å². The molecule has 1 heterocycles. The smallest absolute Gasteiger partial charge is 0.289 e. The van der Waals surface area contributed by atoms with Crippen LogP contribution >= 0.6 is 0 Å². The van der Waals surface area contributed by atoms with E-state index in [1.807, 2.05) is 10.6 Å². The third kappa shape index (κ3) is 2.16. The number of nitrogens with zero attached hydrogens (tertiary/aromatic N) is 1. The lowest BCUT2D eigenvalue weighted by molar-refractivity contribution is -0.123. The number of rotatable bonds is 1. The number of fused-ring (bicyclic) bond motifs is 3. The summed E-state index contributed by atoms with van der Waals surface area (Å²) in [5.41, 5.74) is 1.21. The number of hydrogen-bond donors (Lipinski definition) is 2. The predicted molar refractivity (Wildman–Crippen MR) is 90.3 cm³/mol. The Balaban J connectivity index is 2.06. The van der Waals surface area contributed by atoms with Gasteiger partial charge in [0.25, 0.3) is 11.8 Å². The van der Waals surface area contributed by atoms with Crippen LogP contribution in [0.15, 0.2) is 53.2 Å². The van der Waals surface area contributed by atoms with Crippen molar-refractivity contribution in [1.82, 2.24) is 10.6 Å². The lowest BCUT2D eigenvalue weighted by atomic mass is 9.79. The summed E-state index contributed by atoms with van der Waals surface area (Å²) in [4.78, 5) is 59.7. The highest BCUT2D eigenvalue weighted by atomic mass is 16.3. The van der Waals surface area contributed by atoms with Gasteiger partial charge in [-0.15, -0.1) is 4.91 Å². The van der Waals surface area contributed by atoms with Gasteiger partial charge in [0.15, 0.2) is 5.78 Å². The molecule has 4 amide bonds. The van der Waals surface area contributed by atoms with Crippen molar-refractivity contribution in [2.24, 2.45) is 5.18 Å². The zero-order chi connectivity index (χ0) is 18.4. The number of carbonyl (C=O) groups excluding carboxylic acids is 4. The zero-order valence-electron chi connectivity index (χ0n) is 13.0. The number of allylic oxidation sites excluding steroid dienone is 1. The Morgan fingerprint density at radius 1 is 0.692 bits per heavy atom. The maximum absolute atomic E-state index is 13.1. The fraction of sp³-hybridized carbons (Fsp3) is 0. The molecule has 0 atom stereocenters. The molecule has 8 heteroatoms. The van der Waals surface area contributed by atoms with Crippen LogP contribution < -0.4 is 10.6 Å². The summed E-state index contributed by atoms with van der Waals surface area (Å²) in [6, 6.07) is 10.2. The minimum Gasteiger partial charge on any atom is -0.289 e. The van der Waals surface area contributed by atoms with E-state index >= 15 is 0 Å². The van der Waals surface area contributed by atoms with E-state index in [2.05, 4.69) is 5.18 Å². The first-order valence-corrected chi connectivity index (χ1v) is 7.54. The van der Waals surface area contributed by atoms with Gasteiger partial charge < -0.3 is 0 Å². The molecule has 26 heavy (non-hydrogen) atoms. The number of imide groups is 2. The molecule has 0 radical (unpaired) electrons. The van der Waals surface area contributed by atoms with E-state index in [4.69, 9.17) is 0 Å². The summed E-state index contributed by atoms with van der Waals surface area (Å²) in [6.45, 7) is 0. The van der Waals surface area contributed by atoms with Crippen molar-refractivity contribution < 1.29 is 19.2 Å². The number of urea groups is 1. The normalized spacial score (nSPS) is 15.8. The fourth-order valence-corrected chi connectivity index (χ4v) is 3.15. The second kappa shape index (κ2) is 5.55. The van der Waals surface area contributed by atoms with Crippen LogP contribution in [0.1, 0.15) is 15.9 Å². The van der Waals surface area contributed by atoms with E-state index in [-0.39, 0.29) is 16.8 Å². The number of benzene rings is 2. The molecule has 0 saturated carbocycles. The van der Waals surface area contributed by atoms with Crippen LogP contribution in [-0.4, -0.2) is 23.6 Å². The first kappa shape index (κ1) is 15.6. The number of carbonyl (C=O) groups is 4. The van der Waals surface area contributed by atoms with Gasteiger partial charge in [0.1, 0.15) is 11.3 Å². The third-order valence-corrected chi connectivity index (χ3v) is 4.23. The van der Waals surface area contributed by atoms with Crippen LogP contribution in [0.25, 0.3) is 16.7 Å². The number of nitrogens with one attached hydrogen (secondary N) is 2. The van der Waals surface area contributed by atoms with Crippen molar-refractivity contribution in [2.45, 2.75) is 0 Å². The molecule has 1 fully saturated rings. The quantitative estimate of drug-likeness (QED) is 0.464. The average molecular weight is 347 g/mol. The van der Waals surface area contributed by atoms with Crippen molar-refractivity contribution in [3.63, 3.8) is 0 Å². The Kier molecular flexibility index (Phi) is 3.33. The van der Waals surface area contributed by atoms with Gasteiger partial charge in [-0.3, -0.25) is 25.0 Å². The highest BCUT2D eigenvalue weighted by molar-refractivity contribution is 6.45. The number of hydrogen-bond acceptors (Lipinski definition) is 6. The van der Waals surface area contributed by atoms with Gasteiger partial charge in [0.05, 0.1) is 0 Å². The molecule has 0 unspecified atom stereocenters. The lowest BCUT2D eigenvalue weighted by Crippen LogP contribution is -2.52. The molecule has 0 spiro atoms. The minimum atomic E-state index is -0.954. The Morgan fingerprint density at radius 3 is 1.96 bits per heavy atom. The maximum atomic E-state index is 13.1. The van der Waals surface area contributed by atoms with E-state index in [0.29, 0.717) is 16.7 Å². The molecule has 4 rings (SSSR count). The van der Waals surface area contributed by atoms with Gasteiger partial charge in [0, 0.05) is 11.1 Å². The van der Waals surface area contributed by atoms with Crippen LogP contribution in [-0.2, 0) is 9.59 Å². The van der Waals surface area contributed by atoms with E-state index in [1.165, 1.54) is 12.1 Å². The molecule has 1 aliphatic heterocycles. The lowest BCUT2D eigenvalue weighted by Gasteiger charge is -2.24. The first-order valence-electron chi connectivity index (χ1n) is 7.54. The SMILES string of the molecule is O=Nc1ccc2c(c1)C(=O)C(=C1C(=O)NC(=O)NC1=O)c1ccccc1-2. The monoisotopic (exact) mass is 347 g/mol. The predicted octanol–water partition coefficient (Wildman–Crippen LogP) is 2.07. The molecular formula is C18H9N3O5. The van der Waals surface area contributed by atoms with Crippen molar-refractivity contribution >= 4 is 34.9 Å². The molecule has 1 aliphatic carbocycles. The van der Waals surface area contributed by atoms with Gasteiger partial charge in [-0.25, -0.2) is 4.79 Å². The molecule has 2 N–H and O–H groups in total. The van der Waals surface area contributed by atoms with Crippen LogP contribution in [0.3, 0.4) is 0 Å². The topological polar surface area (TPSA) is 122 Å². The second-order valence-electron chi connectivity index (χ2n) is 5.68. The fourth-order valence-electron chi connectivity index (χ4n) is 3.15. The van der Waals surface area contributed by atoms with E-state index < -0.39 is 29.2 Å². The Labute approximate surface area is 145 Å². The van der Waals surface area contributed by atoms with Gasteiger partial charge in [-0.1, -0.05) is 30.3 Å². The number of ketones is 1. The van der Waals surface area contributed by atoms with Crippen molar-refractivity contribution in [2.75, 3.05) is 0 Å². The highest BCUT2D eigenvalue weighted by Gasteiger charge is 2.37. The Bertz CT molecular complexity index is 1060. The van der Waals surface area contributed by atoms with Gasteiger partial charge in [-0.2, -0.15) is 0 Å². The highest BCUT2D eigenvalue weighted by Crippen LogP contribution is 2.41. The van der Waals surface area contributed by atoms with E-state index in [9.17, 15) is 24.1 Å². The van der Waals surface area contributed by atoms with E-state index in [0.717, 1.165) is 0 Å². The molecule has 0 bridgehead atoms. The summed E-state index contributed by atoms with van der Waals surface area (Å²) in [5, 5.41) is 6.76. The van der Waals surface area contributed by atoms with Crippen molar-refractivity contribution in [1.29, 1.82) is 0 Å². The van der Waals surface area contributed by atoms with Gasteiger partial charge in [-0.05, 0) is 34.0 Å². The second-order valence-corrected chi connectivity index (χ2v) is 5.68. The minimum absolute atomic E-state index is 0.0496. The van der Waals surface area contributed by atoms with Crippen LogP contribution in [0.5, 0.6) is 0 Å². The molecule has 126 valence electrons. The summed E-state index contributed by atoms with van der Waals surface area (Å²) < 4.78 is 0. The Morgan fingerprint density at radius 2 is 1.31 bits per heavy atom. The molecule has 8 nitrogen and oxygen atoms in total. The Hall–Kier alpha value is -3.94. The van der Waals surface area contributed by atoms with Crippen LogP contribution in [0, 0.1) is 4.91 Å².